The Labute approximate surface area is 73.0 Å². The molecule has 1 fully saturated rings. The third kappa shape index (κ3) is 1.83. The molecule has 1 aliphatic rings. The van der Waals surface area contributed by atoms with Gasteiger partial charge >= 0.3 is 0 Å². The van der Waals surface area contributed by atoms with Crippen LogP contribution in [0.5, 0.6) is 0 Å². The Balaban J connectivity index is 1.96. The highest BCUT2D eigenvalue weighted by atomic mass is 14.9. The van der Waals surface area contributed by atoms with Crippen molar-refractivity contribution >= 4 is 0 Å². The van der Waals surface area contributed by atoms with Crippen LogP contribution in [0, 0.1) is 6.92 Å². The van der Waals surface area contributed by atoms with Crippen LogP contribution in [0.1, 0.15) is 24.0 Å². The highest BCUT2D eigenvalue weighted by Crippen LogP contribution is 2.19. The largest absolute Gasteiger partial charge is 0.310 e. The third-order valence-corrected chi connectivity index (χ3v) is 2.30. The van der Waals surface area contributed by atoms with Crippen molar-refractivity contribution in [2.24, 2.45) is 0 Å². The van der Waals surface area contributed by atoms with Crippen molar-refractivity contribution in [2.75, 3.05) is 0 Å². The van der Waals surface area contributed by atoms with Crippen LogP contribution < -0.4 is 5.32 Å². The van der Waals surface area contributed by atoms with Crippen LogP contribution in [0.3, 0.4) is 0 Å². The van der Waals surface area contributed by atoms with Crippen molar-refractivity contribution in [3.05, 3.63) is 29.6 Å². The van der Waals surface area contributed by atoms with E-state index in [1.165, 1.54) is 24.0 Å². The molecule has 2 heteroatoms. The van der Waals surface area contributed by atoms with Gasteiger partial charge in [-0.3, -0.25) is 4.98 Å². The predicted octanol–water partition coefficient (Wildman–Crippen LogP) is 1.64. The Hall–Kier alpha value is -0.890. The summed E-state index contributed by atoms with van der Waals surface area (Å²) in [5.74, 6) is 0. The summed E-state index contributed by atoms with van der Waals surface area (Å²) in [6.07, 6.45) is 6.48. The van der Waals surface area contributed by atoms with Gasteiger partial charge in [-0.25, -0.2) is 0 Å². The number of hydrogen-bond acceptors (Lipinski definition) is 2. The van der Waals surface area contributed by atoms with Gasteiger partial charge in [-0.2, -0.15) is 0 Å². The monoisotopic (exact) mass is 162 g/mol. The van der Waals surface area contributed by atoms with Crippen LogP contribution in [-0.4, -0.2) is 11.0 Å². The topological polar surface area (TPSA) is 24.9 Å². The molecule has 0 atom stereocenters. The molecule has 1 aliphatic carbocycles. The maximum Gasteiger partial charge on any atom is 0.0300 e. The number of pyridine rings is 1. The molecule has 0 aliphatic heterocycles. The number of nitrogens with one attached hydrogen (secondary N) is 1. The van der Waals surface area contributed by atoms with Crippen LogP contribution in [0.15, 0.2) is 18.5 Å². The summed E-state index contributed by atoms with van der Waals surface area (Å²) in [6.45, 7) is 3.11. The highest BCUT2D eigenvalue weighted by Gasteiger charge is 2.19. The highest BCUT2D eigenvalue weighted by molar-refractivity contribution is 5.21. The summed E-state index contributed by atoms with van der Waals surface area (Å²) in [6, 6.07) is 2.88. The molecule has 0 unspecified atom stereocenters. The van der Waals surface area contributed by atoms with Gasteiger partial charge in [0.25, 0.3) is 0 Å². The molecule has 2 nitrogen and oxygen atoms in total. The van der Waals surface area contributed by atoms with Crippen molar-refractivity contribution in [3.8, 4) is 0 Å². The molecule has 1 N–H and O–H groups in total. The van der Waals surface area contributed by atoms with Gasteiger partial charge in [-0.1, -0.05) is 0 Å². The number of aryl methyl sites for hydroxylation is 1. The SMILES string of the molecule is Cc1cnccc1CNC1CC1. The first-order chi connectivity index (χ1) is 5.86. The van der Waals surface area contributed by atoms with Gasteiger partial charge in [0.1, 0.15) is 0 Å². The van der Waals surface area contributed by atoms with E-state index in [1.807, 2.05) is 12.4 Å². The summed E-state index contributed by atoms with van der Waals surface area (Å²) in [4.78, 5) is 4.06. The van der Waals surface area contributed by atoms with Crippen molar-refractivity contribution < 1.29 is 0 Å². The lowest BCUT2D eigenvalue weighted by Crippen LogP contribution is -2.15. The fraction of sp³-hybridized carbons (Fsp3) is 0.500. The average molecular weight is 162 g/mol. The zero-order valence-corrected chi connectivity index (χ0v) is 7.38. The summed E-state index contributed by atoms with van der Waals surface area (Å²) in [5.41, 5.74) is 2.66. The Bertz CT molecular complexity index is 266. The minimum absolute atomic E-state index is 0.789. The molecule has 1 heterocycles. The van der Waals surface area contributed by atoms with Gasteiger partial charge in [0, 0.05) is 25.0 Å². The molecule has 1 aromatic heterocycles. The maximum absolute atomic E-state index is 4.06. The lowest BCUT2D eigenvalue weighted by atomic mass is 10.1. The summed E-state index contributed by atoms with van der Waals surface area (Å²) in [5, 5.41) is 3.49. The predicted molar refractivity (Wildman–Crippen MR) is 48.8 cm³/mol. The molecule has 12 heavy (non-hydrogen) atoms. The first-order valence-corrected chi connectivity index (χ1v) is 4.49. The first-order valence-electron chi connectivity index (χ1n) is 4.49. The van der Waals surface area contributed by atoms with E-state index in [0.717, 1.165) is 12.6 Å². The summed E-state index contributed by atoms with van der Waals surface area (Å²) in [7, 11) is 0. The van der Waals surface area contributed by atoms with Crippen LogP contribution in [-0.2, 0) is 6.54 Å². The van der Waals surface area contributed by atoms with E-state index in [0.29, 0.717) is 0 Å². The second kappa shape index (κ2) is 3.23. The van der Waals surface area contributed by atoms with E-state index in [9.17, 15) is 0 Å². The van der Waals surface area contributed by atoms with E-state index in [1.54, 1.807) is 0 Å². The van der Waals surface area contributed by atoms with Gasteiger partial charge in [0.2, 0.25) is 0 Å². The minimum Gasteiger partial charge on any atom is -0.310 e. The zero-order chi connectivity index (χ0) is 8.39. The van der Waals surface area contributed by atoms with Crippen molar-refractivity contribution in [2.45, 2.75) is 32.4 Å². The fourth-order valence-electron chi connectivity index (χ4n) is 1.24. The van der Waals surface area contributed by atoms with E-state index in [4.69, 9.17) is 0 Å². The minimum atomic E-state index is 0.789. The van der Waals surface area contributed by atoms with Crippen LogP contribution in [0.2, 0.25) is 0 Å². The van der Waals surface area contributed by atoms with Gasteiger partial charge < -0.3 is 5.32 Å². The average Bonchev–Trinajstić information content (AvgIpc) is 2.86. The van der Waals surface area contributed by atoms with Crippen LogP contribution >= 0.6 is 0 Å². The zero-order valence-electron chi connectivity index (χ0n) is 7.38. The van der Waals surface area contributed by atoms with Gasteiger partial charge in [-0.15, -0.1) is 0 Å². The smallest absolute Gasteiger partial charge is 0.0300 e. The normalized spacial score (nSPS) is 16.4. The van der Waals surface area contributed by atoms with E-state index < -0.39 is 0 Å². The maximum atomic E-state index is 4.06. The first kappa shape index (κ1) is 7.74. The third-order valence-electron chi connectivity index (χ3n) is 2.30. The Morgan fingerprint density at radius 1 is 1.58 bits per heavy atom. The number of aromatic nitrogens is 1. The molecule has 0 amide bonds. The van der Waals surface area contributed by atoms with Gasteiger partial charge in [0.05, 0.1) is 0 Å². The molecular weight excluding hydrogens is 148 g/mol. The fourth-order valence-corrected chi connectivity index (χ4v) is 1.24. The second-order valence-corrected chi connectivity index (χ2v) is 3.46. The van der Waals surface area contributed by atoms with Crippen LogP contribution in [0.4, 0.5) is 0 Å². The molecule has 0 radical (unpaired) electrons. The van der Waals surface area contributed by atoms with E-state index in [2.05, 4.69) is 23.3 Å². The molecule has 0 saturated heterocycles. The second-order valence-electron chi connectivity index (χ2n) is 3.46. The van der Waals surface area contributed by atoms with Crippen molar-refractivity contribution in [3.63, 3.8) is 0 Å². The Morgan fingerprint density at radius 3 is 3.08 bits per heavy atom. The summed E-state index contributed by atoms with van der Waals surface area (Å²) >= 11 is 0. The van der Waals surface area contributed by atoms with Gasteiger partial charge in [-0.05, 0) is 37.0 Å². The molecule has 0 bridgehead atoms. The van der Waals surface area contributed by atoms with E-state index >= 15 is 0 Å². The molecule has 0 spiro atoms. The molecular formula is C10H14N2. The summed E-state index contributed by atoms with van der Waals surface area (Å²) < 4.78 is 0. The standard InChI is InChI=1S/C10H14N2/c1-8-6-11-5-4-9(8)7-12-10-2-3-10/h4-6,10,12H,2-3,7H2,1H3. The van der Waals surface area contributed by atoms with Crippen LogP contribution in [0.25, 0.3) is 0 Å². The Kier molecular flexibility index (Phi) is 2.09. The molecule has 1 saturated carbocycles. The molecule has 2 rings (SSSR count). The number of nitrogens with zero attached hydrogens (tertiary/aromatic N) is 1. The number of rotatable bonds is 3. The van der Waals surface area contributed by atoms with Crippen molar-refractivity contribution in [1.82, 2.24) is 10.3 Å². The lowest BCUT2D eigenvalue weighted by Gasteiger charge is -2.04. The number of hydrogen-bond donors (Lipinski definition) is 1. The van der Waals surface area contributed by atoms with Gasteiger partial charge in [0.15, 0.2) is 0 Å². The lowest BCUT2D eigenvalue weighted by molar-refractivity contribution is 0.684. The quantitative estimate of drug-likeness (QED) is 0.731. The molecule has 64 valence electrons. The van der Waals surface area contributed by atoms with Crippen molar-refractivity contribution in [1.29, 1.82) is 0 Å². The molecule has 0 aromatic carbocycles. The molecule has 1 aromatic rings. The van der Waals surface area contributed by atoms with E-state index in [-0.39, 0.29) is 0 Å². The Morgan fingerprint density at radius 2 is 2.42 bits per heavy atom.